The van der Waals surface area contributed by atoms with Gasteiger partial charge in [0.05, 0.1) is 23.9 Å². The van der Waals surface area contributed by atoms with Gasteiger partial charge in [0.25, 0.3) is 5.91 Å². The summed E-state index contributed by atoms with van der Waals surface area (Å²) in [6.07, 6.45) is 3.63. The molecule has 1 fully saturated rings. The second-order valence-corrected chi connectivity index (χ2v) is 8.44. The number of aromatic nitrogens is 2. The molecule has 0 atom stereocenters. The third kappa shape index (κ3) is 4.10. The number of nitrogens with zero attached hydrogens (tertiary/aromatic N) is 4. The molecule has 1 aliphatic rings. The maximum Gasteiger partial charge on any atom is 0.253 e. The number of para-hydroxylation sites is 2. The molecule has 4 rings (SSSR count). The quantitative estimate of drug-likeness (QED) is 0.636. The van der Waals surface area contributed by atoms with Crippen LogP contribution in [-0.4, -0.2) is 57.5 Å². The number of rotatable bonds is 5. The van der Waals surface area contributed by atoms with E-state index in [1.165, 1.54) is 6.07 Å². The van der Waals surface area contributed by atoms with Crippen LogP contribution in [-0.2, 0) is 6.54 Å². The summed E-state index contributed by atoms with van der Waals surface area (Å²) in [5, 5.41) is 0. The van der Waals surface area contributed by atoms with Gasteiger partial charge in [0.1, 0.15) is 5.82 Å². The van der Waals surface area contributed by atoms with Crippen LogP contribution in [0, 0.1) is 5.82 Å². The second kappa shape index (κ2) is 8.56. The maximum atomic E-state index is 14.8. The number of benzene rings is 2. The van der Waals surface area contributed by atoms with E-state index in [4.69, 9.17) is 0 Å². The van der Waals surface area contributed by atoms with Gasteiger partial charge in [0, 0.05) is 43.3 Å². The fourth-order valence-electron chi connectivity index (χ4n) is 4.29. The van der Waals surface area contributed by atoms with Crippen molar-refractivity contribution in [2.24, 2.45) is 0 Å². The van der Waals surface area contributed by atoms with Crippen LogP contribution in [0.5, 0.6) is 0 Å². The van der Waals surface area contributed by atoms with Crippen molar-refractivity contribution in [1.29, 1.82) is 0 Å². The summed E-state index contributed by atoms with van der Waals surface area (Å²) in [7, 11) is 1.83. The van der Waals surface area contributed by atoms with E-state index < -0.39 is 0 Å². The van der Waals surface area contributed by atoms with Crippen LogP contribution in [0.4, 0.5) is 4.39 Å². The van der Waals surface area contributed by atoms with Gasteiger partial charge in [-0.3, -0.25) is 4.79 Å². The van der Waals surface area contributed by atoms with Gasteiger partial charge >= 0.3 is 0 Å². The van der Waals surface area contributed by atoms with E-state index in [1.807, 2.05) is 35.9 Å². The van der Waals surface area contributed by atoms with E-state index >= 15 is 0 Å². The lowest BCUT2D eigenvalue weighted by Gasteiger charge is -2.38. The van der Waals surface area contributed by atoms with E-state index in [0.717, 1.165) is 37.0 Å². The number of piperidine rings is 1. The van der Waals surface area contributed by atoms with E-state index in [-0.39, 0.29) is 17.8 Å². The first kappa shape index (κ1) is 20.5. The Labute approximate surface area is 177 Å². The number of halogens is 1. The smallest absolute Gasteiger partial charge is 0.253 e. The Morgan fingerprint density at radius 3 is 2.63 bits per heavy atom. The highest BCUT2D eigenvalue weighted by Gasteiger charge is 2.27. The highest BCUT2D eigenvalue weighted by molar-refractivity contribution is 5.94. The fraction of sp³-hybridized carbons (Fsp3) is 0.417. The predicted octanol–water partition coefficient (Wildman–Crippen LogP) is 4.17. The van der Waals surface area contributed by atoms with Crippen LogP contribution in [0.25, 0.3) is 11.0 Å². The van der Waals surface area contributed by atoms with Gasteiger partial charge in [0.2, 0.25) is 0 Å². The van der Waals surface area contributed by atoms with E-state index in [0.29, 0.717) is 23.7 Å². The van der Waals surface area contributed by atoms with Gasteiger partial charge in [-0.15, -0.1) is 0 Å². The van der Waals surface area contributed by atoms with E-state index in [1.54, 1.807) is 23.4 Å². The number of hydrogen-bond acceptors (Lipinski definition) is 3. The lowest BCUT2D eigenvalue weighted by atomic mass is 10.0. The minimum Gasteiger partial charge on any atom is -0.339 e. The molecule has 1 aliphatic heterocycles. The Balaban J connectivity index is 1.45. The van der Waals surface area contributed by atoms with Crippen molar-refractivity contribution in [2.45, 2.75) is 45.3 Å². The highest BCUT2D eigenvalue weighted by atomic mass is 19.1. The Morgan fingerprint density at radius 2 is 1.93 bits per heavy atom. The molecular weight excluding hydrogens is 379 g/mol. The number of fused-ring (bicyclic) bond motifs is 1. The van der Waals surface area contributed by atoms with E-state index in [2.05, 4.69) is 23.7 Å². The zero-order valence-corrected chi connectivity index (χ0v) is 17.9. The molecule has 3 aromatic rings. The molecule has 2 aromatic carbocycles. The van der Waals surface area contributed by atoms with Crippen molar-refractivity contribution in [1.82, 2.24) is 19.4 Å². The van der Waals surface area contributed by atoms with Crippen LogP contribution in [0.3, 0.4) is 0 Å². The number of carbonyl (C=O) groups is 1. The molecule has 0 unspecified atom stereocenters. The molecule has 158 valence electrons. The first-order valence-electron chi connectivity index (χ1n) is 10.6. The molecular formula is C24H29FN4O. The number of carbonyl (C=O) groups excluding carboxylic acids is 1. The topological polar surface area (TPSA) is 41.4 Å². The van der Waals surface area contributed by atoms with Crippen molar-refractivity contribution in [3.05, 3.63) is 65.7 Å². The zero-order valence-electron chi connectivity index (χ0n) is 17.9. The summed E-state index contributed by atoms with van der Waals surface area (Å²) in [6, 6.07) is 13.3. The average Bonchev–Trinajstić information content (AvgIpc) is 3.17. The largest absolute Gasteiger partial charge is 0.339 e. The molecule has 5 nitrogen and oxygen atoms in total. The molecule has 2 heterocycles. The third-order valence-electron chi connectivity index (χ3n) is 6.27. The van der Waals surface area contributed by atoms with Crippen molar-refractivity contribution < 1.29 is 9.18 Å². The van der Waals surface area contributed by atoms with Gasteiger partial charge in [-0.05, 0) is 51.0 Å². The molecule has 0 saturated carbocycles. The minimum atomic E-state index is -0.360. The monoisotopic (exact) mass is 408 g/mol. The summed E-state index contributed by atoms with van der Waals surface area (Å²) in [5.74, 6) is -0.474. The molecule has 0 bridgehead atoms. The van der Waals surface area contributed by atoms with Crippen molar-refractivity contribution in [3.63, 3.8) is 0 Å². The molecule has 1 saturated heterocycles. The van der Waals surface area contributed by atoms with Crippen LogP contribution in [0.1, 0.15) is 42.6 Å². The molecule has 30 heavy (non-hydrogen) atoms. The van der Waals surface area contributed by atoms with Crippen molar-refractivity contribution in [3.8, 4) is 0 Å². The second-order valence-electron chi connectivity index (χ2n) is 8.44. The number of amides is 1. The first-order valence-corrected chi connectivity index (χ1v) is 10.6. The summed E-state index contributed by atoms with van der Waals surface area (Å²) >= 11 is 0. The lowest BCUT2D eigenvalue weighted by molar-refractivity contribution is 0.0615. The Morgan fingerprint density at radius 1 is 1.20 bits per heavy atom. The van der Waals surface area contributed by atoms with E-state index in [9.17, 15) is 9.18 Å². The summed E-state index contributed by atoms with van der Waals surface area (Å²) in [5.41, 5.74) is 2.79. The Kier molecular flexibility index (Phi) is 5.86. The van der Waals surface area contributed by atoms with Crippen LogP contribution < -0.4 is 0 Å². The lowest BCUT2D eigenvalue weighted by Crippen LogP contribution is -2.47. The third-order valence-corrected chi connectivity index (χ3v) is 6.27. The molecule has 1 amide bonds. The molecule has 0 N–H and O–H groups in total. The van der Waals surface area contributed by atoms with Crippen LogP contribution in [0.15, 0.2) is 48.8 Å². The van der Waals surface area contributed by atoms with Gasteiger partial charge in [0.15, 0.2) is 0 Å². The number of hydrogen-bond donors (Lipinski definition) is 0. The molecule has 1 aromatic heterocycles. The number of likely N-dealkylation sites (tertiary alicyclic amines) is 1. The molecule has 0 spiro atoms. The van der Waals surface area contributed by atoms with Crippen molar-refractivity contribution in [2.75, 3.05) is 20.1 Å². The fourth-order valence-corrected chi connectivity index (χ4v) is 4.29. The van der Waals surface area contributed by atoms with Gasteiger partial charge in [-0.2, -0.15) is 0 Å². The Bertz CT molecular complexity index is 1040. The SMILES string of the molecule is CC(C)N1CCC(N(C)C(=O)c2ccc(Cn3cnc4ccccc43)c(F)c2)CC1. The van der Waals surface area contributed by atoms with Crippen LogP contribution in [0.2, 0.25) is 0 Å². The van der Waals surface area contributed by atoms with Crippen LogP contribution >= 0.6 is 0 Å². The Hall–Kier alpha value is -2.73. The normalized spacial score (nSPS) is 15.8. The first-order chi connectivity index (χ1) is 14.4. The number of imidazole rings is 1. The summed E-state index contributed by atoms with van der Waals surface area (Å²) < 4.78 is 16.8. The summed E-state index contributed by atoms with van der Waals surface area (Å²) in [4.78, 5) is 21.5. The highest BCUT2D eigenvalue weighted by Crippen LogP contribution is 2.21. The van der Waals surface area contributed by atoms with Crippen molar-refractivity contribution >= 4 is 16.9 Å². The minimum absolute atomic E-state index is 0.114. The molecule has 0 aliphatic carbocycles. The van der Waals surface area contributed by atoms with Gasteiger partial charge in [-0.1, -0.05) is 18.2 Å². The van der Waals surface area contributed by atoms with Gasteiger partial charge < -0.3 is 14.4 Å². The zero-order chi connectivity index (χ0) is 21.3. The van der Waals surface area contributed by atoms with Gasteiger partial charge in [-0.25, -0.2) is 9.37 Å². The molecule has 6 heteroatoms. The standard InChI is InChI=1S/C24H29FN4O/c1-17(2)28-12-10-20(11-13-28)27(3)24(30)18-8-9-19(21(25)14-18)15-29-16-26-22-6-4-5-7-23(22)29/h4-9,14,16-17,20H,10-13,15H2,1-3H3. The summed E-state index contributed by atoms with van der Waals surface area (Å²) in [6.45, 7) is 6.76. The molecule has 0 radical (unpaired) electrons. The average molecular weight is 409 g/mol. The maximum absolute atomic E-state index is 14.8. The predicted molar refractivity (Wildman–Crippen MR) is 117 cm³/mol.